The third kappa shape index (κ3) is 2.12. The zero-order chi connectivity index (χ0) is 12.5. The van der Waals surface area contributed by atoms with Crippen molar-refractivity contribution >= 4 is 5.65 Å². The van der Waals surface area contributed by atoms with Gasteiger partial charge < -0.3 is 4.90 Å². The Kier molecular flexibility index (Phi) is 3.04. The number of hydrogen-bond donors (Lipinski definition) is 0. The standard InChI is InChI=1S/C14H20N4/c1-3-17-8-6-12(10-17)9-13-15-14-11(2)5-4-7-18(14)16-13/h4-5,7,12H,3,6,8-10H2,1-2H3. The first-order valence-corrected chi connectivity index (χ1v) is 6.79. The monoisotopic (exact) mass is 244 g/mol. The molecule has 0 aromatic carbocycles. The summed E-state index contributed by atoms with van der Waals surface area (Å²) in [6, 6.07) is 4.11. The van der Waals surface area contributed by atoms with Crippen molar-refractivity contribution in [3.05, 3.63) is 29.7 Å². The maximum atomic E-state index is 4.66. The van der Waals surface area contributed by atoms with Crippen LogP contribution in [0.5, 0.6) is 0 Å². The Morgan fingerprint density at radius 2 is 2.33 bits per heavy atom. The van der Waals surface area contributed by atoms with Crippen LogP contribution in [0.4, 0.5) is 0 Å². The van der Waals surface area contributed by atoms with Gasteiger partial charge in [0.05, 0.1) is 0 Å². The normalized spacial score (nSPS) is 20.9. The second kappa shape index (κ2) is 4.69. The molecule has 18 heavy (non-hydrogen) atoms. The number of aromatic nitrogens is 3. The predicted octanol–water partition coefficient (Wildman–Crippen LogP) is 1.92. The molecule has 0 saturated carbocycles. The molecule has 3 heterocycles. The van der Waals surface area contributed by atoms with Crippen molar-refractivity contribution in [2.75, 3.05) is 19.6 Å². The van der Waals surface area contributed by atoms with Crippen molar-refractivity contribution in [1.82, 2.24) is 19.5 Å². The second-order valence-corrected chi connectivity index (χ2v) is 5.24. The lowest BCUT2D eigenvalue weighted by molar-refractivity contribution is 0.341. The third-order valence-corrected chi connectivity index (χ3v) is 3.89. The average Bonchev–Trinajstić information content (AvgIpc) is 2.96. The van der Waals surface area contributed by atoms with Gasteiger partial charge in [-0.1, -0.05) is 13.0 Å². The Hall–Kier alpha value is -1.42. The van der Waals surface area contributed by atoms with Crippen LogP contribution in [0, 0.1) is 12.8 Å². The maximum absolute atomic E-state index is 4.66. The molecule has 0 aliphatic carbocycles. The van der Waals surface area contributed by atoms with E-state index in [1.165, 1.54) is 25.1 Å². The van der Waals surface area contributed by atoms with Crippen molar-refractivity contribution in [2.24, 2.45) is 5.92 Å². The fourth-order valence-electron chi connectivity index (χ4n) is 2.80. The molecule has 4 nitrogen and oxygen atoms in total. The zero-order valence-corrected chi connectivity index (χ0v) is 11.1. The van der Waals surface area contributed by atoms with Gasteiger partial charge in [0.2, 0.25) is 0 Å². The van der Waals surface area contributed by atoms with Crippen LogP contribution in [0.15, 0.2) is 18.3 Å². The average molecular weight is 244 g/mol. The fraction of sp³-hybridized carbons (Fsp3) is 0.571. The maximum Gasteiger partial charge on any atom is 0.158 e. The molecular formula is C14H20N4. The van der Waals surface area contributed by atoms with E-state index in [0.29, 0.717) is 0 Å². The lowest BCUT2D eigenvalue weighted by atomic mass is 10.1. The molecule has 1 atom stereocenters. The highest BCUT2D eigenvalue weighted by Crippen LogP contribution is 2.19. The molecule has 2 aromatic rings. The number of hydrogen-bond acceptors (Lipinski definition) is 3. The van der Waals surface area contributed by atoms with E-state index in [2.05, 4.69) is 34.9 Å². The van der Waals surface area contributed by atoms with Crippen LogP contribution in [0.25, 0.3) is 5.65 Å². The van der Waals surface area contributed by atoms with Gasteiger partial charge in [-0.25, -0.2) is 9.50 Å². The molecular weight excluding hydrogens is 224 g/mol. The number of likely N-dealkylation sites (tertiary alicyclic amines) is 1. The summed E-state index contributed by atoms with van der Waals surface area (Å²) in [6.45, 7) is 7.91. The molecule has 0 spiro atoms. The van der Waals surface area contributed by atoms with Crippen LogP contribution in [0.3, 0.4) is 0 Å². The smallest absolute Gasteiger partial charge is 0.158 e. The van der Waals surface area contributed by atoms with E-state index in [4.69, 9.17) is 0 Å². The minimum Gasteiger partial charge on any atom is -0.303 e. The summed E-state index contributed by atoms with van der Waals surface area (Å²) < 4.78 is 1.90. The van der Waals surface area contributed by atoms with Gasteiger partial charge in [0.15, 0.2) is 11.5 Å². The molecule has 1 saturated heterocycles. The first-order chi connectivity index (χ1) is 8.76. The molecule has 1 aliphatic rings. The van der Waals surface area contributed by atoms with E-state index in [-0.39, 0.29) is 0 Å². The van der Waals surface area contributed by atoms with E-state index in [0.717, 1.165) is 30.4 Å². The van der Waals surface area contributed by atoms with Crippen LogP contribution in [0.2, 0.25) is 0 Å². The first kappa shape index (κ1) is 11.7. The number of fused-ring (bicyclic) bond motifs is 1. The fourth-order valence-corrected chi connectivity index (χ4v) is 2.80. The Labute approximate surface area is 108 Å². The Bertz CT molecular complexity index is 546. The van der Waals surface area contributed by atoms with E-state index < -0.39 is 0 Å². The molecule has 0 bridgehead atoms. The van der Waals surface area contributed by atoms with Crippen molar-refractivity contribution in [2.45, 2.75) is 26.7 Å². The largest absolute Gasteiger partial charge is 0.303 e. The summed E-state index contributed by atoms with van der Waals surface area (Å²) in [6.07, 6.45) is 4.27. The minimum absolute atomic E-state index is 0.725. The van der Waals surface area contributed by atoms with Gasteiger partial charge in [-0.05, 0) is 44.0 Å². The van der Waals surface area contributed by atoms with E-state index >= 15 is 0 Å². The van der Waals surface area contributed by atoms with E-state index in [9.17, 15) is 0 Å². The van der Waals surface area contributed by atoms with E-state index in [1.54, 1.807) is 0 Å². The molecule has 4 heteroatoms. The highest BCUT2D eigenvalue weighted by Gasteiger charge is 2.22. The predicted molar refractivity (Wildman–Crippen MR) is 71.6 cm³/mol. The molecule has 0 radical (unpaired) electrons. The molecule has 3 rings (SSSR count). The van der Waals surface area contributed by atoms with Crippen molar-refractivity contribution in [3.8, 4) is 0 Å². The van der Waals surface area contributed by atoms with Crippen molar-refractivity contribution in [1.29, 1.82) is 0 Å². The van der Waals surface area contributed by atoms with Gasteiger partial charge >= 0.3 is 0 Å². The lowest BCUT2D eigenvalue weighted by Gasteiger charge is -2.11. The molecule has 1 fully saturated rings. The Balaban J connectivity index is 1.77. The molecule has 0 N–H and O–H groups in total. The Morgan fingerprint density at radius 3 is 3.06 bits per heavy atom. The van der Waals surface area contributed by atoms with E-state index in [1.807, 2.05) is 16.8 Å². The number of rotatable bonds is 3. The zero-order valence-electron chi connectivity index (χ0n) is 11.1. The van der Waals surface area contributed by atoms with Gasteiger partial charge in [-0.3, -0.25) is 0 Å². The summed E-state index contributed by atoms with van der Waals surface area (Å²) in [5, 5.41) is 4.57. The molecule has 1 unspecified atom stereocenters. The van der Waals surface area contributed by atoms with Gasteiger partial charge in [-0.2, -0.15) is 5.10 Å². The quantitative estimate of drug-likeness (QED) is 0.827. The van der Waals surface area contributed by atoms with Gasteiger partial charge in [0.25, 0.3) is 0 Å². The van der Waals surface area contributed by atoms with Crippen LogP contribution >= 0.6 is 0 Å². The van der Waals surface area contributed by atoms with Crippen molar-refractivity contribution < 1.29 is 0 Å². The topological polar surface area (TPSA) is 33.4 Å². The summed E-state index contributed by atoms with van der Waals surface area (Å²) >= 11 is 0. The summed E-state index contributed by atoms with van der Waals surface area (Å²) in [4.78, 5) is 7.17. The highest BCUT2D eigenvalue weighted by atomic mass is 15.3. The first-order valence-electron chi connectivity index (χ1n) is 6.79. The van der Waals surface area contributed by atoms with Crippen molar-refractivity contribution in [3.63, 3.8) is 0 Å². The number of nitrogens with zero attached hydrogens (tertiary/aromatic N) is 4. The molecule has 1 aliphatic heterocycles. The lowest BCUT2D eigenvalue weighted by Crippen LogP contribution is -2.20. The SMILES string of the molecule is CCN1CCC(Cc2nc3c(C)cccn3n2)C1. The van der Waals surface area contributed by atoms with Gasteiger partial charge in [0, 0.05) is 19.2 Å². The van der Waals surface area contributed by atoms with Crippen LogP contribution < -0.4 is 0 Å². The van der Waals surface area contributed by atoms with Crippen LogP contribution in [0.1, 0.15) is 24.7 Å². The second-order valence-electron chi connectivity index (χ2n) is 5.24. The van der Waals surface area contributed by atoms with Crippen LogP contribution in [-0.2, 0) is 6.42 Å². The summed E-state index contributed by atoms with van der Waals surface area (Å²) in [5.41, 5.74) is 2.19. The summed E-state index contributed by atoms with van der Waals surface area (Å²) in [7, 11) is 0. The van der Waals surface area contributed by atoms with Gasteiger partial charge in [0.1, 0.15) is 0 Å². The number of aryl methyl sites for hydroxylation is 1. The van der Waals surface area contributed by atoms with Crippen LogP contribution in [-0.4, -0.2) is 39.1 Å². The molecule has 96 valence electrons. The highest BCUT2D eigenvalue weighted by molar-refractivity contribution is 5.45. The molecule has 0 amide bonds. The summed E-state index contributed by atoms with van der Waals surface area (Å²) in [5.74, 6) is 1.72. The Morgan fingerprint density at radius 1 is 1.44 bits per heavy atom. The number of pyridine rings is 1. The minimum atomic E-state index is 0.725. The van der Waals surface area contributed by atoms with Gasteiger partial charge in [-0.15, -0.1) is 0 Å². The molecule has 2 aromatic heterocycles. The third-order valence-electron chi connectivity index (χ3n) is 3.89.